The van der Waals surface area contributed by atoms with E-state index in [1.165, 1.54) is 35.3 Å². The van der Waals surface area contributed by atoms with Gasteiger partial charge in [-0.15, -0.1) is 0 Å². The number of rotatable bonds is 3. The predicted molar refractivity (Wildman–Crippen MR) is 78.3 cm³/mol. The molecule has 21 heavy (non-hydrogen) atoms. The second-order valence-electron chi connectivity index (χ2n) is 4.10. The molecule has 3 N–H and O–H groups in total. The lowest BCUT2D eigenvalue weighted by atomic mass is 10.1. The van der Waals surface area contributed by atoms with Crippen LogP contribution in [0.15, 0.2) is 47.8 Å². The number of thiocarbonyl (C=S) groups is 1. The Hall–Kier alpha value is -2.35. The molecule has 1 aromatic carbocycles. The number of para-hydroxylation sites is 1. The molecule has 0 saturated carbocycles. The normalized spacial score (nSPS) is 11.8. The molecule has 1 aromatic heterocycles. The van der Waals surface area contributed by atoms with Gasteiger partial charge >= 0.3 is 6.18 Å². The quantitative estimate of drug-likeness (QED) is 0.520. The summed E-state index contributed by atoms with van der Waals surface area (Å²) in [5.74, 6) is 0. The first kappa shape index (κ1) is 15.0. The molecule has 0 radical (unpaired) electrons. The maximum atomic E-state index is 13.0. The van der Waals surface area contributed by atoms with Gasteiger partial charge in [0.05, 0.1) is 17.5 Å². The van der Waals surface area contributed by atoms with E-state index in [0.29, 0.717) is 5.56 Å². The summed E-state index contributed by atoms with van der Waals surface area (Å²) in [7, 11) is 0. The number of hydrogen-bond acceptors (Lipinski definition) is 2. The van der Waals surface area contributed by atoms with Crippen LogP contribution in [-0.4, -0.2) is 15.9 Å². The zero-order valence-corrected chi connectivity index (χ0v) is 11.4. The maximum Gasteiger partial charge on any atom is 0.418 e. The third-order valence-electron chi connectivity index (χ3n) is 2.59. The maximum absolute atomic E-state index is 13.0. The highest BCUT2D eigenvalue weighted by Gasteiger charge is 2.33. The van der Waals surface area contributed by atoms with E-state index in [9.17, 15) is 13.2 Å². The molecule has 0 bridgehead atoms. The second-order valence-corrected chi connectivity index (χ2v) is 4.54. The molecule has 0 amide bonds. The molecular formula is C13H11F3N4S. The van der Waals surface area contributed by atoms with Crippen LogP contribution >= 0.6 is 12.2 Å². The molecule has 2 aromatic rings. The van der Waals surface area contributed by atoms with E-state index in [0.717, 1.165) is 6.07 Å². The van der Waals surface area contributed by atoms with Crippen LogP contribution in [0.3, 0.4) is 0 Å². The lowest BCUT2D eigenvalue weighted by Crippen LogP contribution is -2.23. The molecular weight excluding hydrogens is 301 g/mol. The van der Waals surface area contributed by atoms with Crippen molar-refractivity contribution in [1.29, 1.82) is 0 Å². The average molecular weight is 312 g/mol. The van der Waals surface area contributed by atoms with Crippen molar-refractivity contribution in [2.75, 3.05) is 0 Å². The molecule has 0 fully saturated rings. The molecule has 0 saturated heterocycles. The Bertz CT molecular complexity index is 676. The molecule has 8 heteroatoms. The number of aromatic nitrogens is 1. The summed E-state index contributed by atoms with van der Waals surface area (Å²) in [5.41, 5.74) is 7.52. The number of benzene rings is 1. The number of nitrogens with one attached hydrogen (secondary N) is 1. The molecule has 4 nitrogen and oxygen atoms in total. The summed E-state index contributed by atoms with van der Waals surface area (Å²) < 4.78 is 40.2. The minimum absolute atomic E-state index is 0.00750. The zero-order chi connectivity index (χ0) is 15.5. The van der Waals surface area contributed by atoms with Gasteiger partial charge in [-0.05, 0) is 30.4 Å². The molecule has 0 aliphatic carbocycles. The van der Waals surface area contributed by atoms with Gasteiger partial charge in [0.1, 0.15) is 0 Å². The van der Waals surface area contributed by atoms with E-state index in [1.807, 2.05) is 0 Å². The zero-order valence-electron chi connectivity index (χ0n) is 10.6. The Labute approximate surface area is 124 Å². The topological polar surface area (TPSA) is 55.3 Å². The molecule has 0 aliphatic heterocycles. The summed E-state index contributed by atoms with van der Waals surface area (Å²) in [6, 6.07) is 6.96. The van der Waals surface area contributed by atoms with Crippen LogP contribution in [0.4, 0.5) is 13.2 Å². The Kier molecular flexibility index (Phi) is 4.27. The highest BCUT2D eigenvalue weighted by atomic mass is 32.1. The van der Waals surface area contributed by atoms with Gasteiger partial charge < -0.3 is 10.3 Å². The van der Waals surface area contributed by atoms with Crippen LogP contribution in [0.1, 0.15) is 11.1 Å². The fourth-order valence-corrected chi connectivity index (χ4v) is 1.80. The van der Waals surface area contributed by atoms with Crippen LogP contribution in [0, 0.1) is 0 Å². The standard InChI is InChI=1S/C13H11F3N4S/c14-13(15,16)10-3-1-2-4-11(10)20-6-5-9(8-20)7-18-19-12(17)21/h1-8H,(H3,17,19,21)/b18-7+. The van der Waals surface area contributed by atoms with Gasteiger partial charge in [0.2, 0.25) is 0 Å². The van der Waals surface area contributed by atoms with Crippen molar-refractivity contribution in [2.24, 2.45) is 10.8 Å². The molecule has 0 atom stereocenters. The van der Waals surface area contributed by atoms with Crippen molar-refractivity contribution < 1.29 is 13.2 Å². The van der Waals surface area contributed by atoms with Crippen molar-refractivity contribution in [2.45, 2.75) is 6.18 Å². The average Bonchev–Trinajstić information content (AvgIpc) is 2.86. The third kappa shape index (κ3) is 3.82. The van der Waals surface area contributed by atoms with Crippen LogP contribution < -0.4 is 11.2 Å². The van der Waals surface area contributed by atoms with Crippen molar-refractivity contribution in [3.63, 3.8) is 0 Å². The van der Waals surface area contributed by atoms with Gasteiger partial charge in [-0.3, -0.25) is 5.43 Å². The van der Waals surface area contributed by atoms with Gasteiger partial charge in [-0.1, -0.05) is 12.1 Å². The molecule has 2 rings (SSSR count). The predicted octanol–water partition coefficient (Wildman–Crippen LogP) is 2.66. The van der Waals surface area contributed by atoms with Crippen LogP contribution in [0.2, 0.25) is 0 Å². The number of alkyl halides is 3. The smallest absolute Gasteiger partial charge is 0.375 e. The van der Waals surface area contributed by atoms with Crippen molar-refractivity contribution in [3.05, 3.63) is 53.9 Å². The largest absolute Gasteiger partial charge is 0.418 e. The van der Waals surface area contributed by atoms with Crippen LogP contribution in [0.25, 0.3) is 5.69 Å². The second kappa shape index (κ2) is 5.96. The molecule has 0 aliphatic rings. The van der Waals surface area contributed by atoms with E-state index in [1.54, 1.807) is 12.1 Å². The highest BCUT2D eigenvalue weighted by Crippen LogP contribution is 2.33. The summed E-state index contributed by atoms with van der Waals surface area (Å²) in [4.78, 5) is 0. The Morgan fingerprint density at radius 1 is 1.29 bits per heavy atom. The molecule has 0 unspecified atom stereocenters. The molecule has 110 valence electrons. The Morgan fingerprint density at radius 2 is 2.00 bits per heavy atom. The summed E-state index contributed by atoms with van der Waals surface area (Å²) in [5, 5.41) is 3.75. The minimum Gasteiger partial charge on any atom is -0.375 e. The van der Waals surface area contributed by atoms with Crippen molar-refractivity contribution >= 4 is 23.5 Å². The van der Waals surface area contributed by atoms with Gasteiger partial charge in [0.15, 0.2) is 5.11 Å². The van der Waals surface area contributed by atoms with Crippen LogP contribution in [-0.2, 0) is 6.18 Å². The van der Waals surface area contributed by atoms with E-state index in [2.05, 4.69) is 22.7 Å². The number of nitrogens with two attached hydrogens (primary N) is 1. The van der Waals surface area contributed by atoms with Gasteiger partial charge in [-0.25, -0.2) is 0 Å². The minimum atomic E-state index is -4.41. The van der Waals surface area contributed by atoms with E-state index in [-0.39, 0.29) is 10.8 Å². The SMILES string of the molecule is NC(=S)N/N=C/c1ccn(-c2ccccc2C(F)(F)F)c1. The first-order chi connectivity index (χ1) is 9.88. The lowest BCUT2D eigenvalue weighted by molar-refractivity contribution is -0.137. The Balaban J connectivity index is 2.30. The first-order valence-corrected chi connectivity index (χ1v) is 6.22. The van der Waals surface area contributed by atoms with Crippen molar-refractivity contribution in [1.82, 2.24) is 9.99 Å². The van der Waals surface area contributed by atoms with Gasteiger partial charge in [0, 0.05) is 18.0 Å². The van der Waals surface area contributed by atoms with Gasteiger partial charge in [-0.2, -0.15) is 18.3 Å². The van der Waals surface area contributed by atoms with Crippen molar-refractivity contribution in [3.8, 4) is 5.69 Å². The number of nitrogens with zero attached hydrogens (tertiary/aromatic N) is 2. The summed E-state index contributed by atoms with van der Waals surface area (Å²) in [6.45, 7) is 0. The van der Waals surface area contributed by atoms with Gasteiger partial charge in [0.25, 0.3) is 0 Å². The highest BCUT2D eigenvalue weighted by molar-refractivity contribution is 7.80. The monoisotopic (exact) mass is 312 g/mol. The summed E-state index contributed by atoms with van der Waals surface area (Å²) >= 11 is 4.57. The molecule has 1 heterocycles. The number of hydrogen-bond donors (Lipinski definition) is 2. The van der Waals surface area contributed by atoms with E-state index < -0.39 is 11.7 Å². The number of halogens is 3. The fourth-order valence-electron chi connectivity index (χ4n) is 1.75. The summed E-state index contributed by atoms with van der Waals surface area (Å²) in [6.07, 6.45) is 0.0380. The fraction of sp³-hybridized carbons (Fsp3) is 0.0769. The molecule has 0 spiro atoms. The first-order valence-electron chi connectivity index (χ1n) is 5.81. The number of hydrazone groups is 1. The lowest BCUT2D eigenvalue weighted by Gasteiger charge is -2.13. The Morgan fingerprint density at radius 3 is 2.67 bits per heavy atom. The van der Waals surface area contributed by atoms with E-state index >= 15 is 0 Å². The van der Waals surface area contributed by atoms with E-state index in [4.69, 9.17) is 5.73 Å². The third-order valence-corrected chi connectivity index (χ3v) is 2.68. The van der Waals surface area contributed by atoms with Crippen LogP contribution in [0.5, 0.6) is 0 Å².